The lowest BCUT2D eigenvalue weighted by atomic mass is 10.0. The maximum Gasteiger partial charge on any atom is 0.343 e. The molecule has 0 aromatic rings. The summed E-state index contributed by atoms with van der Waals surface area (Å²) >= 11 is 0. The molecule has 0 aromatic heterocycles. The summed E-state index contributed by atoms with van der Waals surface area (Å²) < 4.78 is 4.70. The molecule has 0 N–H and O–H groups in total. The first-order valence-corrected chi connectivity index (χ1v) is 3.00. The molecule has 2 aliphatic rings. The van der Waals surface area contributed by atoms with Crippen molar-refractivity contribution < 1.29 is 9.53 Å². The molecule has 0 bridgehead atoms. The molecule has 0 fully saturated rings. The average Bonchev–Trinajstić information content (AvgIpc) is 1.86. The van der Waals surface area contributed by atoms with Crippen LogP contribution < -0.4 is 0 Å². The van der Waals surface area contributed by atoms with Crippen LogP contribution in [0.5, 0.6) is 0 Å². The van der Waals surface area contributed by atoms with E-state index in [1.54, 1.807) is 0 Å². The third-order valence-corrected chi connectivity index (χ3v) is 1.58. The highest BCUT2D eigenvalue weighted by Crippen LogP contribution is 2.29. The quantitative estimate of drug-likeness (QED) is 0.450. The number of esters is 1. The SMILES string of the molecule is O=C1OC2=C1CCC=C2. The van der Waals surface area contributed by atoms with Crippen LogP contribution in [0.15, 0.2) is 23.5 Å². The summed E-state index contributed by atoms with van der Waals surface area (Å²) in [7, 11) is 0. The van der Waals surface area contributed by atoms with Crippen molar-refractivity contribution in [3.63, 3.8) is 0 Å². The summed E-state index contributed by atoms with van der Waals surface area (Å²) in [4.78, 5) is 10.6. The largest absolute Gasteiger partial charge is 0.423 e. The number of carbonyl (C=O) groups is 1. The molecule has 46 valence electrons. The van der Waals surface area contributed by atoms with Gasteiger partial charge in [-0.3, -0.25) is 0 Å². The molecule has 0 aromatic carbocycles. The van der Waals surface area contributed by atoms with Gasteiger partial charge in [0.25, 0.3) is 0 Å². The molecular weight excluding hydrogens is 116 g/mol. The molecule has 0 amide bonds. The highest BCUT2D eigenvalue weighted by atomic mass is 16.6. The maximum absolute atomic E-state index is 10.6. The molecule has 0 radical (unpaired) electrons. The predicted octanol–water partition coefficient (Wildman–Crippen LogP) is 1.15. The van der Waals surface area contributed by atoms with E-state index in [0.717, 1.165) is 24.2 Å². The van der Waals surface area contributed by atoms with Gasteiger partial charge in [0.05, 0.1) is 5.57 Å². The lowest BCUT2D eigenvalue weighted by molar-refractivity contribution is -0.140. The van der Waals surface area contributed by atoms with E-state index < -0.39 is 0 Å². The Labute approximate surface area is 52.8 Å². The normalized spacial score (nSPS) is 22.9. The number of allylic oxidation sites excluding steroid dienone is 2. The Morgan fingerprint density at radius 1 is 1.56 bits per heavy atom. The van der Waals surface area contributed by atoms with Gasteiger partial charge in [-0.05, 0) is 18.9 Å². The summed E-state index contributed by atoms with van der Waals surface area (Å²) in [6.07, 6.45) is 5.73. The summed E-state index contributed by atoms with van der Waals surface area (Å²) in [5.41, 5.74) is 0.873. The van der Waals surface area contributed by atoms with Gasteiger partial charge in [-0.2, -0.15) is 0 Å². The molecule has 0 saturated carbocycles. The van der Waals surface area contributed by atoms with Crippen molar-refractivity contribution in [1.29, 1.82) is 0 Å². The van der Waals surface area contributed by atoms with E-state index in [9.17, 15) is 4.79 Å². The molecule has 1 aliphatic heterocycles. The van der Waals surface area contributed by atoms with E-state index in [-0.39, 0.29) is 5.97 Å². The minimum absolute atomic E-state index is 0.130. The van der Waals surface area contributed by atoms with E-state index in [1.807, 2.05) is 12.2 Å². The van der Waals surface area contributed by atoms with Crippen molar-refractivity contribution in [3.8, 4) is 0 Å². The fourth-order valence-corrected chi connectivity index (χ4v) is 1.06. The Kier molecular flexibility index (Phi) is 0.781. The van der Waals surface area contributed by atoms with Gasteiger partial charge in [0.15, 0.2) is 0 Å². The lowest BCUT2D eigenvalue weighted by Crippen LogP contribution is -2.21. The summed E-state index contributed by atoms with van der Waals surface area (Å²) in [5, 5.41) is 0. The average molecular weight is 122 g/mol. The van der Waals surface area contributed by atoms with Gasteiger partial charge in [-0.1, -0.05) is 6.08 Å². The zero-order valence-corrected chi connectivity index (χ0v) is 4.89. The predicted molar refractivity (Wildman–Crippen MR) is 31.5 cm³/mol. The minimum Gasteiger partial charge on any atom is -0.423 e. The monoisotopic (exact) mass is 122 g/mol. The van der Waals surface area contributed by atoms with Crippen LogP contribution in [0.25, 0.3) is 0 Å². The summed E-state index contributed by atoms with van der Waals surface area (Å²) in [6.45, 7) is 0. The molecule has 9 heavy (non-hydrogen) atoms. The molecule has 0 spiro atoms. The van der Waals surface area contributed by atoms with Crippen molar-refractivity contribution in [2.75, 3.05) is 0 Å². The van der Waals surface area contributed by atoms with E-state index in [4.69, 9.17) is 4.74 Å². The first kappa shape index (κ1) is 4.79. The van der Waals surface area contributed by atoms with Crippen molar-refractivity contribution in [3.05, 3.63) is 23.5 Å². The number of ether oxygens (including phenoxy) is 1. The number of hydrogen-bond acceptors (Lipinski definition) is 2. The van der Waals surface area contributed by atoms with E-state index in [0.29, 0.717) is 0 Å². The first-order chi connectivity index (χ1) is 4.38. The summed E-state index contributed by atoms with van der Waals surface area (Å²) in [5.74, 6) is 0.653. The van der Waals surface area contributed by atoms with Crippen LogP contribution in [-0.2, 0) is 9.53 Å². The highest BCUT2D eigenvalue weighted by molar-refractivity contribution is 5.96. The van der Waals surface area contributed by atoms with Gasteiger partial charge in [-0.25, -0.2) is 4.79 Å². The molecule has 0 saturated heterocycles. The summed E-state index contributed by atoms with van der Waals surface area (Å²) in [6, 6.07) is 0. The highest BCUT2D eigenvalue weighted by Gasteiger charge is 2.28. The van der Waals surface area contributed by atoms with Crippen molar-refractivity contribution in [2.45, 2.75) is 12.8 Å². The van der Waals surface area contributed by atoms with Gasteiger partial charge in [0, 0.05) is 0 Å². The Hall–Kier alpha value is -1.05. The minimum atomic E-state index is -0.130. The third kappa shape index (κ3) is 0.529. The Balaban J connectivity index is 2.37. The third-order valence-electron chi connectivity index (χ3n) is 1.58. The Morgan fingerprint density at radius 3 is 3.00 bits per heavy atom. The molecule has 1 heterocycles. The zero-order chi connectivity index (χ0) is 6.27. The molecular formula is C7H6O2. The van der Waals surface area contributed by atoms with Crippen LogP contribution in [-0.4, -0.2) is 5.97 Å². The molecule has 2 rings (SSSR count). The topological polar surface area (TPSA) is 26.3 Å². The van der Waals surface area contributed by atoms with Crippen LogP contribution in [0.4, 0.5) is 0 Å². The second-order valence-electron chi connectivity index (χ2n) is 2.17. The maximum atomic E-state index is 10.6. The van der Waals surface area contributed by atoms with Crippen LogP contribution in [0, 0.1) is 0 Å². The molecule has 0 unspecified atom stereocenters. The van der Waals surface area contributed by atoms with E-state index in [2.05, 4.69) is 0 Å². The standard InChI is InChI=1S/C7H6O2/c8-7-5-3-1-2-4-6(5)9-7/h2,4H,1,3H2. The number of carbonyl (C=O) groups excluding carboxylic acids is 1. The molecule has 2 nitrogen and oxygen atoms in total. The second-order valence-corrected chi connectivity index (χ2v) is 2.17. The van der Waals surface area contributed by atoms with Crippen LogP contribution in [0.2, 0.25) is 0 Å². The van der Waals surface area contributed by atoms with Gasteiger partial charge >= 0.3 is 5.97 Å². The van der Waals surface area contributed by atoms with Crippen molar-refractivity contribution in [2.24, 2.45) is 0 Å². The van der Waals surface area contributed by atoms with Crippen molar-refractivity contribution in [1.82, 2.24) is 0 Å². The first-order valence-electron chi connectivity index (χ1n) is 3.00. The Morgan fingerprint density at radius 2 is 2.44 bits per heavy atom. The molecule has 2 heteroatoms. The zero-order valence-electron chi connectivity index (χ0n) is 4.89. The van der Waals surface area contributed by atoms with Crippen LogP contribution in [0.1, 0.15) is 12.8 Å². The van der Waals surface area contributed by atoms with E-state index in [1.165, 1.54) is 0 Å². The Bertz CT molecular complexity index is 223. The lowest BCUT2D eigenvalue weighted by Gasteiger charge is -2.21. The smallest absolute Gasteiger partial charge is 0.343 e. The van der Waals surface area contributed by atoms with Crippen molar-refractivity contribution >= 4 is 5.97 Å². The van der Waals surface area contributed by atoms with Gasteiger partial charge in [-0.15, -0.1) is 0 Å². The van der Waals surface area contributed by atoms with E-state index >= 15 is 0 Å². The number of rotatable bonds is 0. The van der Waals surface area contributed by atoms with Gasteiger partial charge < -0.3 is 4.74 Å². The number of hydrogen-bond donors (Lipinski definition) is 0. The fourth-order valence-electron chi connectivity index (χ4n) is 1.06. The van der Waals surface area contributed by atoms with Crippen LogP contribution in [0.3, 0.4) is 0 Å². The molecule has 1 aliphatic carbocycles. The molecule has 0 atom stereocenters. The van der Waals surface area contributed by atoms with Gasteiger partial charge in [0.1, 0.15) is 5.76 Å². The fraction of sp³-hybridized carbons (Fsp3) is 0.286. The van der Waals surface area contributed by atoms with Crippen LogP contribution >= 0.6 is 0 Å². The second kappa shape index (κ2) is 1.47. The van der Waals surface area contributed by atoms with Gasteiger partial charge in [0.2, 0.25) is 0 Å².